The standard InChI is InChI=1S/C28H33N5O6S/c29-20(12-16-7-9-18(34)10-8-16)25(35)32-23(15-40)26(36)31-22(27(37)33-11-3-6-24(33)28(38)39)13-17-14-30-21-5-2-1-4-19(17)21/h1-2,4-5,7-10,14,20,22-24,30,34,40H,3,6,11-13,15,29H2,(H,31,36)(H,32,35)(H,38,39). The summed E-state index contributed by atoms with van der Waals surface area (Å²) in [5, 5.41) is 25.3. The van der Waals surface area contributed by atoms with Gasteiger partial charge in [-0.1, -0.05) is 30.3 Å². The van der Waals surface area contributed by atoms with Gasteiger partial charge in [-0.2, -0.15) is 12.6 Å². The summed E-state index contributed by atoms with van der Waals surface area (Å²) in [6.45, 7) is 0.273. The molecule has 0 spiro atoms. The number of carbonyl (C=O) groups is 4. The van der Waals surface area contributed by atoms with Crippen LogP contribution in [-0.2, 0) is 32.0 Å². The highest BCUT2D eigenvalue weighted by Gasteiger charge is 2.38. The van der Waals surface area contributed by atoms with Gasteiger partial charge in [-0.25, -0.2) is 4.79 Å². The fourth-order valence-electron chi connectivity index (χ4n) is 4.93. The number of nitrogens with one attached hydrogen (secondary N) is 3. The molecule has 4 atom stereocenters. The average Bonchev–Trinajstić information content (AvgIpc) is 3.60. The number of carboxylic acids is 1. The number of nitrogens with zero attached hydrogens (tertiary/aromatic N) is 1. The highest BCUT2D eigenvalue weighted by atomic mass is 32.1. The Morgan fingerprint density at radius 2 is 1.73 bits per heavy atom. The van der Waals surface area contributed by atoms with Crippen molar-refractivity contribution in [3.63, 3.8) is 0 Å². The number of aromatic amines is 1. The van der Waals surface area contributed by atoms with Crippen molar-refractivity contribution in [2.45, 2.75) is 49.9 Å². The van der Waals surface area contributed by atoms with Crippen molar-refractivity contribution in [1.82, 2.24) is 20.5 Å². The molecular weight excluding hydrogens is 534 g/mol. The van der Waals surface area contributed by atoms with Crippen molar-refractivity contribution in [3.05, 3.63) is 65.9 Å². The van der Waals surface area contributed by atoms with Crippen molar-refractivity contribution < 1.29 is 29.4 Å². The van der Waals surface area contributed by atoms with Crippen LogP contribution in [0.3, 0.4) is 0 Å². The predicted octanol–water partition coefficient (Wildman–Crippen LogP) is 0.961. The van der Waals surface area contributed by atoms with E-state index in [1.54, 1.807) is 18.3 Å². The van der Waals surface area contributed by atoms with Gasteiger partial charge in [0, 0.05) is 35.8 Å². The second kappa shape index (κ2) is 12.9. The van der Waals surface area contributed by atoms with Gasteiger partial charge in [-0.15, -0.1) is 0 Å². The molecule has 1 aliphatic heterocycles. The van der Waals surface area contributed by atoms with Crippen LogP contribution < -0.4 is 16.4 Å². The molecule has 2 heterocycles. The van der Waals surface area contributed by atoms with E-state index in [4.69, 9.17) is 5.73 Å². The normalized spacial score (nSPS) is 17.2. The number of rotatable bonds is 11. The van der Waals surface area contributed by atoms with Gasteiger partial charge < -0.3 is 36.5 Å². The summed E-state index contributed by atoms with van der Waals surface area (Å²) in [4.78, 5) is 56.0. The number of nitrogens with two attached hydrogens (primary N) is 1. The van der Waals surface area contributed by atoms with E-state index in [1.165, 1.54) is 17.0 Å². The molecule has 1 fully saturated rings. The third kappa shape index (κ3) is 6.75. The minimum absolute atomic E-state index is 0.0566. The molecule has 11 nitrogen and oxygen atoms in total. The third-order valence-electron chi connectivity index (χ3n) is 7.08. The number of hydrogen-bond acceptors (Lipinski definition) is 7. The molecule has 0 saturated carbocycles. The highest BCUT2D eigenvalue weighted by molar-refractivity contribution is 7.80. The number of thiol groups is 1. The zero-order valence-corrected chi connectivity index (χ0v) is 22.6. The van der Waals surface area contributed by atoms with Crippen LogP contribution in [0.4, 0.5) is 0 Å². The van der Waals surface area contributed by atoms with Crippen LogP contribution in [0.2, 0.25) is 0 Å². The molecule has 2 aromatic carbocycles. The summed E-state index contributed by atoms with van der Waals surface area (Å²) in [6.07, 6.45) is 2.94. The largest absolute Gasteiger partial charge is 0.508 e. The Morgan fingerprint density at radius 1 is 1.02 bits per heavy atom. The Bertz CT molecular complexity index is 1380. The van der Waals surface area contributed by atoms with E-state index in [0.29, 0.717) is 12.8 Å². The molecule has 0 aliphatic carbocycles. The van der Waals surface area contributed by atoms with E-state index < -0.39 is 47.9 Å². The molecule has 1 aliphatic rings. The molecule has 1 saturated heterocycles. The summed E-state index contributed by atoms with van der Waals surface area (Å²) in [5.74, 6) is -2.77. The molecular formula is C28H33N5O6S. The number of carbonyl (C=O) groups excluding carboxylic acids is 3. The number of aliphatic carboxylic acids is 1. The molecule has 4 rings (SSSR count). The lowest BCUT2D eigenvalue weighted by atomic mass is 10.0. The molecule has 1 aromatic heterocycles. The Labute approximate surface area is 236 Å². The SMILES string of the molecule is NC(Cc1ccc(O)cc1)C(=O)NC(CS)C(=O)NC(Cc1c[nH]c2ccccc12)C(=O)N1CCCC1C(=O)O. The summed E-state index contributed by atoms with van der Waals surface area (Å²) in [6, 6.07) is 9.71. The Balaban J connectivity index is 1.49. The lowest BCUT2D eigenvalue weighted by molar-refractivity contribution is -0.149. The van der Waals surface area contributed by atoms with Crippen LogP contribution in [0.5, 0.6) is 5.75 Å². The maximum atomic E-state index is 13.6. The van der Waals surface area contributed by atoms with Gasteiger partial charge in [0.25, 0.3) is 0 Å². The van der Waals surface area contributed by atoms with Crippen LogP contribution in [0, 0.1) is 0 Å². The first-order chi connectivity index (χ1) is 19.2. The number of H-pyrrole nitrogens is 1. The van der Waals surface area contributed by atoms with Gasteiger partial charge in [0.05, 0.1) is 6.04 Å². The summed E-state index contributed by atoms with van der Waals surface area (Å²) in [5.41, 5.74) is 8.43. The number of phenolic OH excluding ortho intramolecular Hbond substituents is 1. The molecule has 3 amide bonds. The number of benzene rings is 2. The lowest BCUT2D eigenvalue weighted by Crippen LogP contribution is -2.58. The van der Waals surface area contributed by atoms with Crippen molar-refractivity contribution in [2.75, 3.05) is 12.3 Å². The van der Waals surface area contributed by atoms with Gasteiger partial charge in [-0.05, 0) is 48.6 Å². The predicted molar refractivity (Wildman–Crippen MR) is 152 cm³/mol. The van der Waals surface area contributed by atoms with Crippen LogP contribution in [0.25, 0.3) is 10.9 Å². The molecule has 3 aromatic rings. The van der Waals surface area contributed by atoms with E-state index in [2.05, 4.69) is 28.2 Å². The number of aromatic hydroxyl groups is 1. The number of carboxylic acid groups (broad SMARTS) is 1. The minimum Gasteiger partial charge on any atom is -0.508 e. The molecule has 0 radical (unpaired) electrons. The summed E-state index contributed by atoms with van der Waals surface area (Å²) >= 11 is 4.23. The van der Waals surface area contributed by atoms with Crippen molar-refractivity contribution in [3.8, 4) is 5.75 Å². The fraction of sp³-hybridized carbons (Fsp3) is 0.357. The number of hydrogen-bond donors (Lipinski definition) is 7. The van der Waals surface area contributed by atoms with E-state index >= 15 is 0 Å². The highest BCUT2D eigenvalue weighted by Crippen LogP contribution is 2.23. The fourth-order valence-corrected chi connectivity index (χ4v) is 5.19. The number of likely N-dealkylation sites (tertiary alicyclic amines) is 1. The van der Waals surface area contributed by atoms with Gasteiger partial charge in [0.1, 0.15) is 23.9 Å². The van der Waals surface area contributed by atoms with Crippen molar-refractivity contribution in [1.29, 1.82) is 0 Å². The minimum atomic E-state index is -1.09. The monoisotopic (exact) mass is 567 g/mol. The first-order valence-corrected chi connectivity index (χ1v) is 13.6. The number of amides is 3. The molecule has 4 unspecified atom stereocenters. The Morgan fingerprint density at radius 3 is 2.42 bits per heavy atom. The van der Waals surface area contributed by atoms with Gasteiger partial charge >= 0.3 is 5.97 Å². The van der Waals surface area contributed by atoms with Crippen LogP contribution >= 0.6 is 12.6 Å². The molecule has 12 heteroatoms. The van der Waals surface area contributed by atoms with Crippen molar-refractivity contribution in [2.24, 2.45) is 5.73 Å². The maximum Gasteiger partial charge on any atom is 0.326 e. The number of fused-ring (bicyclic) bond motifs is 1. The van der Waals surface area contributed by atoms with E-state index in [1.807, 2.05) is 24.3 Å². The number of para-hydroxylation sites is 1. The Kier molecular flexibility index (Phi) is 9.33. The second-order valence-corrected chi connectivity index (χ2v) is 10.2. The van der Waals surface area contributed by atoms with Crippen molar-refractivity contribution >= 4 is 47.2 Å². The van der Waals surface area contributed by atoms with Crippen LogP contribution in [0.1, 0.15) is 24.0 Å². The van der Waals surface area contributed by atoms with Gasteiger partial charge in [0.15, 0.2) is 0 Å². The Hall–Kier alpha value is -4.03. The molecule has 0 bridgehead atoms. The summed E-state index contributed by atoms with van der Waals surface area (Å²) in [7, 11) is 0. The van der Waals surface area contributed by atoms with Gasteiger partial charge in [-0.3, -0.25) is 14.4 Å². The smallest absolute Gasteiger partial charge is 0.326 e. The van der Waals surface area contributed by atoms with Gasteiger partial charge in [0.2, 0.25) is 17.7 Å². The number of aromatic nitrogens is 1. The number of phenols is 1. The van der Waals surface area contributed by atoms with E-state index in [9.17, 15) is 29.4 Å². The quantitative estimate of drug-likeness (QED) is 0.169. The van der Waals surface area contributed by atoms with Crippen LogP contribution in [-0.4, -0.2) is 80.3 Å². The topological polar surface area (TPSA) is 178 Å². The zero-order chi connectivity index (χ0) is 28.8. The molecule has 212 valence electrons. The summed E-state index contributed by atoms with van der Waals surface area (Å²) < 4.78 is 0. The lowest BCUT2D eigenvalue weighted by Gasteiger charge is -2.28. The van der Waals surface area contributed by atoms with E-state index in [0.717, 1.165) is 22.0 Å². The molecule has 7 N–H and O–H groups in total. The molecule has 40 heavy (non-hydrogen) atoms. The zero-order valence-electron chi connectivity index (χ0n) is 21.7. The average molecular weight is 568 g/mol. The maximum absolute atomic E-state index is 13.6. The first kappa shape index (κ1) is 29.0. The second-order valence-electron chi connectivity index (χ2n) is 9.87. The van der Waals surface area contributed by atoms with E-state index in [-0.39, 0.29) is 30.9 Å². The van der Waals surface area contributed by atoms with Crippen LogP contribution in [0.15, 0.2) is 54.7 Å². The third-order valence-corrected chi connectivity index (χ3v) is 7.44. The first-order valence-electron chi connectivity index (χ1n) is 13.0.